The predicted molar refractivity (Wildman–Crippen MR) is 156 cm³/mol. The molecule has 7 rings (SSSR count). The Balaban J connectivity index is 1.30. The number of anilines is 2. The molecular formula is C31H28Cl2FN3O6. The number of aromatic hydroxyl groups is 1. The number of para-hydroxylation sites is 1. The van der Waals surface area contributed by atoms with Crippen LogP contribution in [0.5, 0.6) is 5.75 Å². The number of hydrogen-bond acceptors (Lipinski definition) is 7. The number of fused-ring (bicyclic) bond motifs is 4. The number of imide groups is 2. The first-order chi connectivity index (χ1) is 20.5. The van der Waals surface area contributed by atoms with Crippen LogP contribution in [-0.4, -0.2) is 76.7 Å². The van der Waals surface area contributed by atoms with Gasteiger partial charge >= 0.3 is 0 Å². The number of phenols is 1. The minimum absolute atomic E-state index is 0.0156. The van der Waals surface area contributed by atoms with E-state index in [-0.39, 0.29) is 24.3 Å². The number of likely N-dealkylation sites (tertiary alicyclic amines) is 1. The molecule has 0 radical (unpaired) electrons. The second-order valence-corrected chi connectivity index (χ2v) is 13.0. The molecule has 43 heavy (non-hydrogen) atoms. The highest BCUT2D eigenvalue weighted by Gasteiger charge is 2.76. The largest absolute Gasteiger partial charge is 0.505 e. The number of hydrogen-bond donors (Lipinski definition) is 1. The number of morpholine rings is 1. The van der Waals surface area contributed by atoms with E-state index >= 15 is 0 Å². The van der Waals surface area contributed by atoms with Crippen molar-refractivity contribution < 1.29 is 33.4 Å². The molecular weight excluding hydrogens is 600 g/mol. The Morgan fingerprint density at radius 2 is 1.60 bits per heavy atom. The lowest BCUT2D eigenvalue weighted by molar-refractivity contribution is -0.138. The predicted octanol–water partition coefficient (Wildman–Crippen LogP) is 3.56. The Morgan fingerprint density at radius 3 is 2.30 bits per heavy atom. The van der Waals surface area contributed by atoms with Crippen LogP contribution in [0.2, 0.25) is 0 Å². The fourth-order valence-electron chi connectivity index (χ4n) is 7.74. The summed E-state index contributed by atoms with van der Waals surface area (Å²) in [5, 5.41) is 10.8. The minimum atomic E-state index is -2.10. The van der Waals surface area contributed by atoms with E-state index < -0.39 is 62.7 Å². The Kier molecular flexibility index (Phi) is 6.43. The van der Waals surface area contributed by atoms with Crippen LogP contribution in [0.1, 0.15) is 24.3 Å². The third-order valence-electron chi connectivity index (χ3n) is 9.83. The SMILES string of the molecule is CN1C(=O)C2(Cl)CC3C(=CCC4C(=O)N(c5ccc(N6CCOCC6)cc5)C(=O)C43)C(c3cccc(F)c3O)C2(Cl)C1=O. The van der Waals surface area contributed by atoms with Crippen LogP contribution in [0.15, 0.2) is 54.1 Å². The van der Waals surface area contributed by atoms with E-state index in [4.69, 9.17) is 27.9 Å². The summed E-state index contributed by atoms with van der Waals surface area (Å²) in [4.78, 5) is 55.1. The fraction of sp³-hybridized carbons (Fsp3) is 0.419. The standard InChI is InChI=1S/C31H28Cl2FN3O6/c1-35-28(41)30(32)15-21-18(24(31(30,33)29(35)42)20-3-2-4-22(34)25(20)38)9-10-19-23(21)27(40)37(26(19)39)17-7-5-16(6-8-17)36-11-13-43-14-12-36/h2-9,19,21,23-24,38H,10-15H2,1H3. The van der Waals surface area contributed by atoms with Gasteiger partial charge in [0.15, 0.2) is 21.3 Å². The minimum Gasteiger partial charge on any atom is -0.505 e. The first kappa shape index (κ1) is 28.3. The number of ether oxygens (including phenoxy) is 1. The zero-order valence-corrected chi connectivity index (χ0v) is 24.6. The second kappa shape index (κ2) is 9.77. The first-order valence-corrected chi connectivity index (χ1v) is 14.9. The number of phenolic OH excluding ortho intramolecular Hbond substituents is 1. The van der Waals surface area contributed by atoms with Crippen LogP contribution >= 0.6 is 23.2 Å². The van der Waals surface area contributed by atoms with Crippen molar-refractivity contribution in [1.82, 2.24) is 4.90 Å². The van der Waals surface area contributed by atoms with Crippen LogP contribution in [0, 0.1) is 23.6 Å². The van der Waals surface area contributed by atoms with E-state index in [0.717, 1.165) is 29.7 Å². The topological polar surface area (TPSA) is 107 Å². The fourth-order valence-corrected chi connectivity index (χ4v) is 8.75. The lowest BCUT2D eigenvalue weighted by atomic mass is 9.56. The molecule has 0 aromatic heterocycles. The van der Waals surface area contributed by atoms with Gasteiger partial charge in [0.25, 0.3) is 11.8 Å². The summed E-state index contributed by atoms with van der Waals surface area (Å²) >= 11 is 14.2. The van der Waals surface area contributed by atoms with Crippen LogP contribution in [-0.2, 0) is 23.9 Å². The monoisotopic (exact) mass is 627 g/mol. The summed E-state index contributed by atoms with van der Waals surface area (Å²) < 4.78 is 20.1. The summed E-state index contributed by atoms with van der Waals surface area (Å²) in [5.41, 5.74) is 1.85. The third kappa shape index (κ3) is 3.72. The van der Waals surface area contributed by atoms with Crippen molar-refractivity contribution in [2.75, 3.05) is 43.2 Å². The van der Waals surface area contributed by atoms with Gasteiger partial charge in [0.1, 0.15) is 0 Å². The molecule has 12 heteroatoms. The number of alkyl halides is 2. The van der Waals surface area contributed by atoms with Gasteiger partial charge < -0.3 is 14.7 Å². The molecule has 1 saturated carbocycles. The van der Waals surface area contributed by atoms with Gasteiger partial charge in [-0.05, 0) is 49.1 Å². The smallest absolute Gasteiger partial charge is 0.253 e. The number of nitrogens with zero attached hydrogens (tertiary/aromatic N) is 3. The van der Waals surface area contributed by atoms with Gasteiger partial charge in [0.2, 0.25) is 11.8 Å². The van der Waals surface area contributed by atoms with Crippen molar-refractivity contribution in [1.29, 1.82) is 0 Å². The Bertz CT molecular complexity index is 1610. The number of carbonyl (C=O) groups is 4. The van der Waals surface area contributed by atoms with Crippen LogP contribution < -0.4 is 9.80 Å². The lowest BCUT2D eigenvalue weighted by Gasteiger charge is -2.50. The Morgan fingerprint density at radius 1 is 0.930 bits per heavy atom. The molecule has 3 aliphatic heterocycles. The average Bonchev–Trinajstić information content (AvgIpc) is 3.34. The van der Waals surface area contributed by atoms with E-state index in [0.29, 0.717) is 24.5 Å². The number of carbonyl (C=O) groups excluding carboxylic acids is 4. The lowest BCUT2D eigenvalue weighted by Crippen LogP contribution is -2.60. The van der Waals surface area contributed by atoms with Gasteiger partial charge in [-0.15, -0.1) is 23.2 Å². The molecule has 4 fully saturated rings. The molecule has 2 aromatic rings. The van der Waals surface area contributed by atoms with Gasteiger partial charge in [-0.1, -0.05) is 23.8 Å². The number of benzene rings is 2. The molecule has 224 valence electrons. The zero-order valence-electron chi connectivity index (χ0n) is 23.1. The Hall–Kier alpha value is -3.47. The highest BCUT2D eigenvalue weighted by molar-refractivity contribution is 6.53. The number of allylic oxidation sites excluding steroid dienone is 2. The molecule has 3 heterocycles. The molecule has 4 amide bonds. The van der Waals surface area contributed by atoms with Gasteiger partial charge in [-0.3, -0.25) is 29.0 Å². The molecule has 6 unspecified atom stereocenters. The number of rotatable bonds is 3. The van der Waals surface area contributed by atoms with E-state index in [1.807, 2.05) is 12.1 Å². The summed E-state index contributed by atoms with van der Waals surface area (Å²) in [6.45, 7) is 2.72. The van der Waals surface area contributed by atoms with E-state index in [1.165, 1.54) is 24.1 Å². The molecule has 3 saturated heterocycles. The van der Waals surface area contributed by atoms with E-state index in [1.54, 1.807) is 18.2 Å². The van der Waals surface area contributed by atoms with Crippen molar-refractivity contribution in [3.05, 3.63) is 65.5 Å². The molecule has 9 nitrogen and oxygen atoms in total. The summed E-state index contributed by atoms with van der Waals surface area (Å²) in [6, 6.07) is 11.1. The maximum Gasteiger partial charge on any atom is 0.253 e. The van der Waals surface area contributed by atoms with Gasteiger partial charge in [-0.25, -0.2) is 4.39 Å². The highest BCUT2D eigenvalue weighted by atomic mass is 35.5. The van der Waals surface area contributed by atoms with E-state index in [9.17, 15) is 28.7 Å². The Labute approximate surface area is 256 Å². The van der Waals surface area contributed by atoms with Crippen molar-refractivity contribution in [2.45, 2.75) is 28.5 Å². The van der Waals surface area contributed by atoms with Crippen molar-refractivity contribution in [3.8, 4) is 5.75 Å². The maximum atomic E-state index is 14.7. The van der Waals surface area contributed by atoms with Crippen molar-refractivity contribution in [2.24, 2.45) is 17.8 Å². The molecule has 6 atom stereocenters. The van der Waals surface area contributed by atoms with E-state index in [2.05, 4.69) is 4.90 Å². The third-order valence-corrected chi connectivity index (χ3v) is 11.2. The molecule has 2 aliphatic carbocycles. The highest BCUT2D eigenvalue weighted by Crippen LogP contribution is 2.66. The summed E-state index contributed by atoms with van der Waals surface area (Å²) in [6.07, 6.45) is 1.72. The molecule has 5 aliphatic rings. The number of halogens is 3. The quantitative estimate of drug-likeness (QED) is 0.315. The normalized spacial score (nSPS) is 33.9. The van der Waals surface area contributed by atoms with Gasteiger partial charge in [0, 0.05) is 37.3 Å². The first-order valence-electron chi connectivity index (χ1n) is 14.2. The summed E-state index contributed by atoms with van der Waals surface area (Å²) in [5.74, 6) is -7.61. The van der Waals surface area contributed by atoms with Crippen LogP contribution in [0.4, 0.5) is 15.8 Å². The van der Waals surface area contributed by atoms with Crippen LogP contribution in [0.3, 0.4) is 0 Å². The zero-order chi connectivity index (χ0) is 30.4. The molecule has 0 bridgehead atoms. The van der Waals surface area contributed by atoms with Gasteiger partial charge in [0.05, 0.1) is 30.7 Å². The second-order valence-electron chi connectivity index (χ2n) is 11.8. The van der Waals surface area contributed by atoms with Gasteiger partial charge in [-0.2, -0.15) is 0 Å². The maximum absolute atomic E-state index is 14.7. The number of amides is 4. The summed E-state index contributed by atoms with van der Waals surface area (Å²) in [7, 11) is 1.27. The average molecular weight is 628 g/mol. The molecule has 0 spiro atoms. The van der Waals surface area contributed by atoms with Crippen LogP contribution in [0.25, 0.3) is 0 Å². The van der Waals surface area contributed by atoms with Crippen molar-refractivity contribution >= 4 is 58.2 Å². The molecule has 2 aromatic carbocycles. The van der Waals surface area contributed by atoms with Crippen molar-refractivity contribution in [3.63, 3.8) is 0 Å². The molecule has 1 N–H and O–H groups in total.